The van der Waals surface area contributed by atoms with Gasteiger partial charge in [-0.15, -0.1) is 0 Å². The van der Waals surface area contributed by atoms with Gasteiger partial charge in [-0.2, -0.15) is 0 Å². The van der Waals surface area contributed by atoms with Crippen molar-refractivity contribution < 1.29 is 13.2 Å². The number of nitrogens with two attached hydrogens (primary N) is 1. The number of benzene rings is 1. The normalized spacial score (nSPS) is 15.1. The van der Waals surface area contributed by atoms with Gasteiger partial charge in [0, 0.05) is 13.0 Å². The number of sulfonamides is 1. The summed E-state index contributed by atoms with van der Waals surface area (Å²) in [5, 5.41) is 7.94. The molecule has 0 radical (unpaired) electrons. The SMILES string of the molecule is NS(=O)(=O)c1ccc(CCCNC(=O)CC2CC2)cc1. The Morgan fingerprint density at radius 3 is 2.45 bits per heavy atom. The molecule has 0 saturated heterocycles. The number of aryl methyl sites for hydroxylation is 1. The first-order chi connectivity index (χ1) is 9.45. The van der Waals surface area contributed by atoms with Crippen LogP contribution in [0.25, 0.3) is 0 Å². The lowest BCUT2D eigenvalue weighted by atomic mass is 10.1. The quantitative estimate of drug-likeness (QED) is 0.740. The van der Waals surface area contributed by atoms with Crippen molar-refractivity contribution in [2.45, 2.75) is 37.0 Å². The molecule has 1 fully saturated rings. The molecule has 0 aromatic heterocycles. The van der Waals surface area contributed by atoms with Crippen LogP contribution in [0, 0.1) is 5.92 Å². The maximum absolute atomic E-state index is 11.5. The van der Waals surface area contributed by atoms with Gasteiger partial charge in [0.25, 0.3) is 0 Å². The molecule has 3 N–H and O–H groups in total. The van der Waals surface area contributed by atoms with Crippen molar-refractivity contribution in [2.24, 2.45) is 11.1 Å². The van der Waals surface area contributed by atoms with Gasteiger partial charge >= 0.3 is 0 Å². The molecule has 1 amide bonds. The van der Waals surface area contributed by atoms with E-state index in [2.05, 4.69) is 5.32 Å². The van der Waals surface area contributed by atoms with E-state index in [-0.39, 0.29) is 10.8 Å². The Kier molecular flexibility index (Phi) is 4.77. The third-order valence-corrected chi connectivity index (χ3v) is 4.32. The average Bonchev–Trinajstić information content (AvgIpc) is 3.18. The number of hydrogen-bond acceptors (Lipinski definition) is 3. The van der Waals surface area contributed by atoms with Crippen LogP contribution in [0.2, 0.25) is 0 Å². The summed E-state index contributed by atoms with van der Waals surface area (Å²) in [6.45, 7) is 0.655. The van der Waals surface area contributed by atoms with Gasteiger partial charge in [-0.1, -0.05) is 12.1 Å². The molecule has 1 saturated carbocycles. The maximum atomic E-state index is 11.5. The largest absolute Gasteiger partial charge is 0.356 e. The molecule has 1 aromatic carbocycles. The predicted molar refractivity (Wildman–Crippen MR) is 76.5 cm³/mol. The highest BCUT2D eigenvalue weighted by molar-refractivity contribution is 7.89. The summed E-state index contributed by atoms with van der Waals surface area (Å²) in [5.41, 5.74) is 1.04. The Morgan fingerprint density at radius 1 is 1.25 bits per heavy atom. The molecule has 0 aliphatic heterocycles. The average molecular weight is 296 g/mol. The first kappa shape index (κ1) is 15.0. The topological polar surface area (TPSA) is 89.3 Å². The van der Waals surface area contributed by atoms with Gasteiger partial charge in [-0.05, 0) is 49.3 Å². The highest BCUT2D eigenvalue weighted by Crippen LogP contribution is 2.31. The molecule has 1 aromatic rings. The lowest BCUT2D eigenvalue weighted by Gasteiger charge is -2.05. The zero-order chi connectivity index (χ0) is 14.6. The zero-order valence-corrected chi connectivity index (χ0v) is 12.2. The number of carbonyl (C=O) groups excluding carboxylic acids is 1. The molecule has 0 spiro atoms. The number of primary sulfonamides is 1. The Labute approximate surface area is 119 Å². The third kappa shape index (κ3) is 4.94. The van der Waals surface area contributed by atoms with Crippen molar-refractivity contribution in [3.05, 3.63) is 29.8 Å². The van der Waals surface area contributed by atoms with Crippen LogP contribution in [-0.2, 0) is 21.2 Å². The van der Waals surface area contributed by atoms with Gasteiger partial charge < -0.3 is 5.32 Å². The molecule has 2 rings (SSSR count). The van der Waals surface area contributed by atoms with Crippen LogP contribution in [0.15, 0.2) is 29.2 Å². The first-order valence-electron chi connectivity index (χ1n) is 6.83. The Bertz CT molecular complexity index is 563. The van der Waals surface area contributed by atoms with E-state index in [1.54, 1.807) is 12.1 Å². The molecule has 0 bridgehead atoms. The van der Waals surface area contributed by atoms with E-state index in [0.29, 0.717) is 18.9 Å². The van der Waals surface area contributed by atoms with Crippen molar-refractivity contribution in [3.63, 3.8) is 0 Å². The van der Waals surface area contributed by atoms with Gasteiger partial charge in [-0.25, -0.2) is 13.6 Å². The van der Waals surface area contributed by atoms with Crippen LogP contribution >= 0.6 is 0 Å². The second kappa shape index (κ2) is 6.37. The lowest BCUT2D eigenvalue weighted by molar-refractivity contribution is -0.121. The van der Waals surface area contributed by atoms with Crippen LogP contribution in [0.4, 0.5) is 0 Å². The van der Waals surface area contributed by atoms with E-state index in [9.17, 15) is 13.2 Å². The van der Waals surface area contributed by atoms with Crippen LogP contribution in [-0.4, -0.2) is 20.9 Å². The van der Waals surface area contributed by atoms with Gasteiger partial charge in [0.1, 0.15) is 0 Å². The third-order valence-electron chi connectivity index (χ3n) is 3.39. The zero-order valence-electron chi connectivity index (χ0n) is 11.3. The molecule has 5 nitrogen and oxygen atoms in total. The summed E-state index contributed by atoms with van der Waals surface area (Å²) >= 11 is 0. The molecule has 0 unspecified atom stereocenters. The minimum atomic E-state index is -3.62. The van der Waals surface area contributed by atoms with Crippen molar-refractivity contribution in [1.29, 1.82) is 0 Å². The fourth-order valence-corrected chi connectivity index (χ4v) is 2.54. The van der Waals surface area contributed by atoms with Gasteiger partial charge in [0.15, 0.2) is 0 Å². The molecule has 0 atom stereocenters. The number of rotatable bonds is 7. The van der Waals surface area contributed by atoms with E-state index in [4.69, 9.17) is 5.14 Å². The number of amides is 1. The second-order valence-corrected chi connectivity index (χ2v) is 6.85. The van der Waals surface area contributed by atoms with Gasteiger partial charge in [0.05, 0.1) is 4.90 Å². The van der Waals surface area contributed by atoms with E-state index in [0.717, 1.165) is 18.4 Å². The molecule has 20 heavy (non-hydrogen) atoms. The summed E-state index contributed by atoms with van der Waals surface area (Å²) in [4.78, 5) is 11.6. The summed E-state index contributed by atoms with van der Waals surface area (Å²) in [5.74, 6) is 0.748. The second-order valence-electron chi connectivity index (χ2n) is 5.29. The van der Waals surface area contributed by atoms with Crippen molar-refractivity contribution in [1.82, 2.24) is 5.32 Å². The highest BCUT2D eigenvalue weighted by Gasteiger charge is 2.23. The molecule has 0 heterocycles. The Morgan fingerprint density at radius 2 is 1.90 bits per heavy atom. The number of nitrogens with one attached hydrogen (secondary N) is 1. The van der Waals surface area contributed by atoms with E-state index in [1.807, 2.05) is 0 Å². The highest BCUT2D eigenvalue weighted by atomic mass is 32.2. The summed E-state index contributed by atoms with van der Waals surface area (Å²) in [6, 6.07) is 6.53. The Balaban J connectivity index is 1.69. The first-order valence-corrected chi connectivity index (χ1v) is 8.38. The van der Waals surface area contributed by atoms with Crippen LogP contribution in [0.1, 0.15) is 31.2 Å². The van der Waals surface area contributed by atoms with Crippen LogP contribution in [0.3, 0.4) is 0 Å². The van der Waals surface area contributed by atoms with E-state index < -0.39 is 10.0 Å². The molecular formula is C14H20N2O3S. The van der Waals surface area contributed by atoms with Crippen molar-refractivity contribution >= 4 is 15.9 Å². The molecule has 110 valence electrons. The predicted octanol–water partition coefficient (Wildman–Crippen LogP) is 1.18. The minimum Gasteiger partial charge on any atom is -0.356 e. The molecule has 6 heteroatoms. The molecule has 1 aliphatic carbocycles. The summed E-state index contributed by atoms with van der Waals surface area (Å²) in [6.07, 6.45) is 4.66. The van der Waals surface area contributed by atoms with Gasteiger partial charge in [0.2, 0.25) is 15.9 Å². The standard InChI is InChI=1S/C14H20N2O3S/c15-20(18,19)13-7-5-11(6-8-13)2-1-9-16-14(17)10-12-3-4-12/h5-8,12H,1-4,9-10H2,(H,16,17)(H2,15,18,19). The van der Waals surface area contributed by atoms with Gasteiger partial charge in [-0.3, -0.25) is 4.79 Å². The number of carbonyl (C=O) groups is 1. The number of hydrogen-bond donors (Lipinski definition) is 2. The van der Waals surface area contributed by atoms with Crippen molar-refractivity contribution in [2.75, 3.05) is 6.54 Å². The monoisotopic (exact) mass is 296 g/mol. The fourth-order valence-electron chi connectivity index (χ4n) is 2.02. The lowest BCUT2D eigenvalue weighted by Crippen LogP contribution is -2.24. The van der Waals surface area contributed by atoms with Crippen LogP contribution in [0.5, 0.6) is 0 Å². The fraction of sp³-hybridized carbons (Fsp3) is 0.500. The smallest absolute Gasteiger partial charge is 0.238 e. The summed E-state index contributed by atoms with van der Waals surface area (Å²) < 4.78 is 22.2. The molecule has 1 aliphatic rings. The molecular weight excluding hydrogens is 276 g/mol. The van der Waals surface area contributed by atoms with Crippen LogP contribution < -0.4 is 10.5 Å². The van der Waals surface area contributed by atoms with E-state index in [1.165, 1.54) is 25.0 Å². The van der Waals surface area contributed by atoms with E-state index >= 15 is 0 Å². The summed E-state index contributed by atoms with van der Waals surface area (Å²) in [7, 11) is -3.62. The van der Waals surface area contributed by atoms with Crippen molar-refractivity contribution in [3.8, 4) is 0 Å². The maximum Gasteiger partial charge on any atom is 0.238 e. The Hall–Kier alpha value is -1.40. The minimum absolute atomic E-state index is 0.124.